The summed E-state index contributed by atoms with van der Waals surface area (Å²) in [6, 6.07) is 8.16. The van der Waals surface area contributed by atoms with E-state index in [1.165, 1.54) is 16.7 Å². The van der Waals surface area contributed by atoms with E-state index in [0.717, 1.165) is 56.2 Å². The van der Waals surface area contributed by atoms with Crippen molar-refractivity contribution in [3.63, 3.8) is 0 Å². The summed E-state index contributed by atoms with van der Waals surface area (Å²) in [6.07, 6.45) is 2.69. The lowest BCUT2D eigenvalue weighted by atomic mass is 10.0. The van der Waals surface area contributed by atoms with Gasteiger partial charge in [-0.05, 0) is 62.2 Å². The Morgan fingerprint density at radius 1 is 1.00 bits per heavy atom. The number of carbonyl (C=O) groups excluding carboxylic acids is 1. The quantitative estimate of drug-likeness (QED) is 0.835. The van der Waals surface area contributed by atoms with Gasteiger partial charge in [-0.25, -0.2) is 4.98 Å². The molecular formula is C21H26N4O. The largest absolute Gasteiger partial charge is 0.354 e. The molecule has 0 bridgehead atoms. The van der Waals surface area contributed by atoms with Crippen molar-refractivity contribution in [1.29, 1.82) is 0 Å². The van der Waals surface area contributed by atoms with Crippen LogP contribution in [0.2, 0.25) is 0 Å². The Labute approximate surface area is 155 Å². The SMILES string of the molecule is Cc1cc2c(cc1C)N(C(=O)c1ccnc(N3CCN(C)CC3)c1)CC2. The van der Waals surface area contributed by atoms with Gasteiger partial charge < -0.3 is 14.7 Å². The number of nitrogens with zero attached hydrogens (tertiary/aromatic N) is 4. The molecule has 4 rings (SSSR count). The van der Waals surface area contributed by atoms with Crippen molar-refractivity contribution in [1.82, 2.24) is 9.88 Å². The maximum atomic E-state index is 13.2. The third-order valence-electron chi connectivity index (χ3n) is 5.66. The van der Waals surface area contributed by atoms with Crippen molar-refractivity contribution in [3.05, 3.63) is 52.7 Å². The maximum Gasteiger partial charge on any atom is 0.258 e. The minimum absolute atomic E-state index is 0.0739. The molecular weight excluding hydrogens is 324 g/mol. The van der Waals surface area contributed by atoms with Gasteiger partial charge in [-0.15, -0.1) is 0 Å². The lowest BCUT2D eigenvalue weighted by molar-refractivity contribution is 0.0989. The first-order chi connectivity index (χ1) is 12.5. The number of hydrogen-bond acceptors (Lipinski definition) is 4. The summed E-state index contributed by atoms with van der Waals surface area (Å²) in [4.78, 5) is 24.2. The summed E-state index contributed by atoms with van der Waals surface area (Å²) in [7, 11) is 2.14. The maximum absolute atomic E-state index is 13.2. The number of pyridine rings is 1. The van der Waals surface area contributed by atoms with Gasteiger partial charge in [0.2, 0.25) is 0 Å². The first-order valence-corrected chi connectivity index (χ1v) is 9.34. The van der Waals surface area contributed by atoms with Gasteiger partial charge in [-0.2, -0.15) is 0 Å². The number of fused-ring (bicyclic) bond motifs is 1. The second-order valence-corrected chi connectivity index (χ2v) is 7.47. The Morgan fingerprint density at radius 3 is 2.50 bits per heavy atom. The van der Waals surface area contributed by atoms with Gasteiger partial charge in [-0.3, -0.25) is 4.79 Å². The smallest absolute Gasteiger partial charge is 0.258 e. The molecule has 0 saturated carbocycles. The standard InChI is InChI=1S/C21H26N4O/c1-15-12-17-5-7-25(19(17)13-16(15)2)21(26)18-4-6-22-20(14-18)24-10-8-23(3)9-11-24/h4,6,12-14H,5,7-11H2,1-3H3. The van der Waals surface area contributed by atoms with Crippen LogP contribution in [0, 0.1) is 13.8 Å². The topological polar surface area (TPSA) is 39.7 Å². The number of hydrogen-bond donors (Lipinski definition) is 0. The fourth-order valence-electron chi connectivity index (χ4n) is 3.79. The second kappa shape index (κ2) is 6.72. The first kappa shape index (κ1) is 17.0. The van der Waals surface area contributed by atoms with E-state index in [4.69, 9.17) is 0 Å². The molecule has 1 aromatic heterocycles. The summed E-state index contributed by atoms with van der Waals surface area (Å²) >= 11 is 0. The molecule has 5 heteroatoms. The van der Waals surface area contributed by atoms with Gasteiger partial charge >= 0.3 is 0 Å². The number of carbonyl (C=O) groups is 1. The van der Waals surface area contributed by atoms with E-state index in [-0.39, 0.29) is 5.91 Å². The first-order valence-electron chi connectivity index (χ1n) is 9.34. The average molecular weight is 350 g/mol. The molecule has 0 spiro atoms. The molecule has 2 aliphatic heterocycles. The van der Waals surface area contributed by atoms with E-state index < -0.39 is 0 Å². The Morgan fingerprint density at radius 2 is 1.73 bits per heavy atom. The molecule has 1 saturated heterocycles. The third-order valence-corrected chi connectivity index (χ3v) is 5.66. The van der Waals surface area contributed by atoms with Crippen molar-refractivity contribution in [3.8, 4) is 0 Å². The summed E-state index contributed by atoms with van der Waals surface area (Å²) in [5.41, 5.74) is 5.58. The summed E-state index contributed by atoms with van der Waals surface area (Å²) in [5.74, 6) is 0.980. The molecule has 0 radical (unpaired) electrons. The number of piperazine rings is 1. The van der Waals surface area contributed by atoms with Crippen LogP contribution in [0.4, 0.5) is 11.5 Å². The fourth-order valence-corrected chi connectivity index (χ4v) is 3.79. The number of rotatable bonds is 2. The van der Waals surface area contributed by atoms with Crippen LogP contribution in [0.25, 0.3) is 0 Å². The zero-order chi connectivity index (χ0) is 18.3. The molecule has 1 fully saturated rings. The second-order valence-electron chi connectivity index (χ2n) is 7.47. The van der Waals surface area contributed by atoms with Crippen LogP contribution in [0.15, 0.2) is 30.5 Å². The fraction of sp³-hybridized carbons (Fsp3) is 0.429. The van der Waals surface area contributed by atoms with E-state index in [0.29, 0.717) is 0 Å². The molecule has 0 aliphatic carbocycles. The minimum atomic E-state index is 0.0739. The van der Waals surface area contributed by atoms with Crippen LogP contribution in [0.3, 0.4) is 0 Å². The van der Waals surface area contributed by atoms with Crippen LogP contribution in [0.5, 0.6) is 0 Å². The molecule has 2 aliphatic rings. The predicted molar refractivity (Wildman–Crippen MR) is 105 cm³/mol. The molecule has 2 aromatic rings. The Hall–Kier alpha value is -2.40. The highest BCUT2D eigenvalue weighted by molar-refractivity contribution is 6.07. The van der Waals surface area contributed by atoms with Crippen LogP contribution in [-0.4, -0.2) is 55.6 Å². The normalized spacial score (nSPS) is 17.5. The molecule has 1 aromatic carbocycles. The molecule has 0 unspecified atom stereocenters. The Bertz CT molecular complexity index is 840. The highest BCUT2D eigenvalue weighted by Crippen LogP contribution is 2.32. The average Bonchev–Trinajstić information content (AvgIpc) is 3.05. The van der Waals surface area contributed by atoms with Crippen LogP contribution >= 0.6 is 0 Å². The number of anilines is 2. The van der Waals surface area contributed by atoms with E-state index >= 15 is 0 Å². The Balaban J connectivity index is 1.59. The number of likely N-dealkylation sites (N-methyl/N-ethyl adjacent to an activating group) is 1. The van der Waals surface area contributed by atoms with Gasteiger partial charge in [0.15, 0.2) is 0 Å². The van der Waals surface area contributed by atoms with Gasteiger partial charge in [0.1, 0.15) is 5.82 Å². The van der Waals surface area contributed by atoms with Crippen LogP contribution in [0.1, 0.15) is 27.0 Å². The number of aryl methyl sites for hydroxylation is 2. The molecule has 1 amide bonds. The highest BCUT2D eigenvalue weighted by atomic mass is 16.2. The molecule has 5 nitrogen and oxygen atoms in total. The van der Waals surface area contributed by atoms with E-state index in [9.17, 15) is 4.79 Å². The summed E-state index contributed by atoms with van der Waals surface area (Å²) < 4.78 is 0. The lowest BCUT2D eigenvalue weighted by Gasteiger charge is -2.33. The Kier molecular flexibility index (Phi) is 4.41. The van der Waals surface area contributed by atoms with E-state index in [2.05, 4.69) is 47.8 Å². The van der Waals surface area contributed by atoms with Gasteiger partial charge in [0.25, 0.3) is 5.91 Å². The van der Waals surface area contributed by atoms with Crippen molar-refractivity contribution in [2.24, 2.45) is 0 Å². The van der Waals surface area contributed by atoms with E-state index in [1.807, 2.05) is 17.0 Å². The van der Waals surface area contributed by atoms with E-state index in [1.54, 1.807) is 6.20 Å². The molecule has 0 N–H and O–H groups in total. The van der Waals surface area contributed by atoms with Crippen molar-refractivity contribution < 1.29 is 4.79 Å². The third kappa shape index (κ3) is 3.07. The molecule has 26 heavy (non-hydrogen) atoms. The molecule has 0 atom stereocenters. The number of aromatic nitrogens is 1. The van der Waals surface area contributed by atoms with Crippen molar-refractivity contribution >= 4 is 17.4 Å². The van der Waals surface area contributed by atoms with Crippen LogP contribution in [-0.2, 0) is 6.42 Å². The predicted octanol–water partition coefficient (Wildman–Crippen LogP) is 2.65. The van der Waals surface area contributed by atoms with Gasteiger partial charge in [0.05, 0.1) is 0 Å². The number of benzene rings is 1. The van der Waals surface area contributed by atoms with Gasteiger partial charge in [-0.1, -0.05) is 6.07 Å². The highest BCUT2D eigenvalue weighted by Gasteiger charge is 2.27. The zero-order valence-corrected chi connectivity index (χ0v) is 15.8. The minimum Gasteiger partial charge on any atom is -0.354 e. The summed E-state index contributed by atoms with van der Waals surface area (Å²) in [6.45, 7) is 8.94. The van der Waals surface area contributed by atoms with Crippen LogP contribution < -0.4 is 9.80 Å². The zero-order valence-electron chi connectivity index (χ0n) is 15.8. The monoisotopic (exact) mass is 350 g/mol. The number of amides is 1. The molecule has 136 valence electrons. The molecule has 3 heterocycles. The van der Waals surface area contributed by atoms with Gasteiger partial charge in [0, 0.05) is 50.2 Å². The summed E-state index contributed by atoms with van der Waals surface area (Å²) in [5, 5.41) is 0. The van der Waals surface area contributed by atoms with Crippen molar-refractivity contribution in [2.75, 3.05) is 49.6 Å². The van der Waals surface area contributed by atoms with Crippen molar-refractivity contribution in [2.45, 2.75) is 20.3 Å². The lowest BCUT2D eigenvalue weighted by Crippen LogP contribution is -2.44.